The highest BCUT2D eigenvalue weighted by atomic mass is 32.2. The molecule has 1 N–H and O–H groups in total. The van der Waals surface area contributed by atoms with Gasteiger partial charge in [-0.3, -0.25) is 4.79 Å². The fraction of sp³-hybridized carbons (Fsp3) is 0.381. The van der Waals surface area contributed by atoms with E-state index in [2.05, 4.69) is 5.32 Å². The summed E-state index contributed by atoms with van der Waals surface area (Å²) in [6.45, 7) is 0.573. The van der Waals surface area contributed by atoms with Gasteiger partial charge in [0.2, 0.25) is 15.9 Å². The molecule has 0 spiro atoms. The van der Waals surface area contributed by atoms with Crippen molar-refractivity contribution in [1.82, 2.24) is 4.31 Å². The average molecular weight is 402 g/mol. The summed E-state index contributed by atoms with van der Waals surface area (Å²) < 4.78 is 41.1. The number of amides is 1. The van der Waals surface area contributed by atoms with Crippen LogP contribution in [-0.4, -0.2) is 31.7 Å². The molecule has 1 heterocycles. The minimum Gasteiger partial charge on any atom is -0.323 e. The molecule has 2 aromatic rings. The summed E-state index contributed by atoms with van der Waals surface area (Å²) in [7, 11) is -3.56. The Morgan fingerprint density at radius 2 is 1.75 bits per heavy atom. The lowest BCUT2D eigenvalue weighted by Gasteiger charge is -2.30. The summed E-state index contributed by atoms with van der Waals surface area (Å²) in [5.74, 6) is -1.07. The number of rotatable bonds is 4. The number of para-hydroxylation sites is 1. The van der Waals surface area contributed by atoms with Crippen LogP contribution in [0.25, 0.3) is 0 Å². The van der Waals surface area contributed by atoms with Gasteiger partial charge in [-0.2, -0.15) is 4.31 Å². The second-order valence-electron chi connectivity index (χ2n) is 7.43. The minimum absolute atomic E-state index is 0.153. The van der Waals surface area contributed by atoms with Crippen molar-refractivity contribution in [3.63, 3.8) is 0 Å². The van der Waals surface area contributed by atoms with E-state index in [4.69, 9.17) is 0 Å². The van der Waals surface area contributed by atoms with E-state index in [0.29, 0.717) is 17.7 Å². The van der Waals surface area contributed by atoms with E-state index in [0.717, 1.165) is 24.8 Å². The highest BCUT2D eigenvalue weighted by Crippen LogP contribution is 2.29. The van der Waals surface area contributed by atoms with Crippen LogP contribution in [-0.2, 0) is 27.7 Å². The van der Waals surface area contributed by atoms with E-state index in [1.807, 2.05) is 6.07 Å². The van der Waals surface area contributed by atoms with Crippen molar-refractivity contribution >= 4 is 21.6 Å². The van der Waals surface area contributed by atoms with E-state index in [9.17, 15) is 17.6 Å². The number of nitrogens with zero attached hydrogens (tertiary/aromatic N) is 1. The lowest BCUT2D eigenvalue weighted by molar-refractivity contribution is -0.120. The zero-order valence-electron chi connectivity index (χ0n) is 15.5. The second-order valence-corrected chi connectivity index (χ2v) is 9.37. The number of sulfonamides is 1. The number of fused-ring (bicyclic) bond motifs is 1. The van der Waals surface area contributed by atoms with Gasteiger partial charge in [0, 0.05) is 19.0 Å². The predicted molar refractivity (Wildman–Crippen MR) is 105 cm³/mol. The maximum absolute atomic E-state index is 13.7. The number of halogens is 1. The number of anilines is 1. The quantitative estimate of drug-likeness (QED) is 0.853. The van der Waals surface area contributed by atoms with Crippen molar-refractivity contribution < 1.29 is 17.6 Å². The summed E-state index contributed by atoms with van der Waals surface area (Å²) in [6.07, 6.45) is 3.85. The number of nitrogens with one attached hydrogen (secondary N) is 1. The highest BCUT2D eigenvalue weighted by molar-refractivity contribution is 7.89. The minimum atomic E-state index is -3.56. The van der Waals surface area contributed by atoms with Gasteiger partial charge in [0.25, 0.3) is 0 Å². The van der Waals surface area contributed by atoms with Gasteiger partial charge in [-0.1, -0.05) is 18.2 Å². The molecule has 0 radical (unpaired) electrons. The molecule has 1 fully saturated rings. The average Bonchev–Trinajstić information content (AvgIpc) is 3.17. The summed E-state index contributed by atoms with van der Waals surface area (Å²) in [5, 5.41) is 2.61. The fourth-order valence-electron chi connectivity index (χ4n) is 4.01. The SMILES string of the molecule is O=C(Nc1ccccc1F)C1CCN(S(=O)(=O)c2ccc3c(c2)CCC3)CC1. The monoisotopic (exact) mass is 402 g/mol. The van der Waals surface area contributed by atoms with Crippen molar-refractivity contribution in [3.05, 3.63) is 59.4 Å². The fourth-order valence-corrected chi connectivity index (χ4v) is 5.53. The number of carbonyl (C=O) groups excluding carboxylic acids is 1. The number of benzene rings is 2. The first-order valence-corrected chi connectivity index (χ1v) is 11.1. The Balaban J connectivity index is 1.41. The van der Waals surface area contributed by atoms with Crippen LogP contribution in [0.2, 0.25) is 0 Å². The molecule has 0 unspecified atom stereocenters. The second kappa shape index (κ2) is 7.64. The van der Waals surface area contributed by atoms with Gasteiger partial charge in [-0.25, -0.2) is 12.8 Å². The summed E-state index contributed by atoms with van der Waals surface area (Å²) in [5.41, 5.74) is 2.52. The molecule has 0 saturated carbocycles. The van der Waals surface area contributed by atoms with Crippen LogP contribution in [0.5, 0.6) is 0 Å². The molecule has 5 nitrogen and oxygen atoms in total. The number of aryl methyl sites for hydroxylation is 2. The smallest absolute Gasteiger partial charge is 0.243 e. The Morgan fingerprint density at radius 3 is 2.50 bits per heavy atom. The Morgan fingerprint density at radius 1 is 1.04 bits per heavy atom. The number of carbonyl (C=O) groups is 1. The van der Waals surface area contributed by atoms with Gasteiger partial charge in [-0.15, -0.1) is 0 Å². The number of piperidine rings is 1. The molecule has 1 amide bonds. The van der Waals surface area contributed by atoms with E-state index in [1.54, 1.807) is 24.3 Å². The third kappa shape index (κ3) is 3.69. The van der Waals surface area contributed by atoms with E-state index < -0.39 is 15.8 Å². The Kier molecular flexibility index (Phi) is 5.21. The topological polar surface area (TPSA) is 66.5 Å². The van der Waals surface area contributed by atoms with Crippen LogP contribution in [0.1, 0.15) is 30.4 Å². The van der Waals surface area contributed by atoms with Crippen molar-refractivity contribution in [2.75, 3.05) is 18.4 Å². The summed E-state index contributed by atoms with van der Waals surface area (Å²) in [6, 6.07) is 11.4. The first-order valence-electron chi connectivity index (χ1n) is 9.62. The number of hydrogen-bond acceptors (Lipinski definition) is 3. The van der Waals surface area contributed by atoms with E-state index in [1.165, 1.54) is 22.0 Å². The molecular formula is C21H23FN2O3S. The molecule has 148 valence electrons. The maximum atomic E-state index is 13.7. The Labute approximate surface area is 164 Å². The van der Waals surface area contributed by atoms with Gasteiger partial charge in [-0.05, 0) is 67.5 Å². The first-order chi connectivity index (χ1) is 13.4. The van der Waals surface area contributed by atoms with Gasteiger partial charge in [0.05, 0.1) is 10.6 Å². The molecule has 7 heteroatoms. The molecule has 1 aliphatic carbocycles. The summed E-state index contributed by atoms with van der Waals surface area (Å²) >= 11 is 0. The molecule has 1 aliphatic heterocycles. The Hall–Kier alpha value is -2.25. The zero-order valence-corrected chi connectivity index (χ0v) is 16.3. The van der Waals surface area contributed by atoms with Crippen molar-refractivity contribution in [2.24, 2.45) is 5.92 Å². The van der Waals surface area contributed by atoms with E-state index >= 15 is 0 Å². The molecule has 0 aromatic heterocycles. The third-order valence-electron chi connectivity index (χ3n) is 5.66. The first kappa shape index (κ1) is 19.1. The van der Waals surface area contributed by atoms with Crippen LogP contribution < -0.4 is 5.32 Å². The standard InChI is InChI=1S/C21H23FN2O3S/c22-19-6-1-2-7-20(19)23-21(25)16-10-12-24(13-11-16)28(26,27)18-9-8-15-4-3-5-17(15)14-18/h1-2,6-9,14,16H,3-5,10-13H2,(H,23,25). The molecule has 1 saturated heterocycles. The lowest BCUT2D eigenvalue weighted by atomic mass is 9.97. The van der Waals surface area contributed by atoms with Crippen molar-refractivity contribution in [3.8, 4) is 0 Å². The summed E-state index contributed by atoms with van der Waals surface area (Å²) in [4.78, 5) is 12.8. The lowest BCUT2D eigenvalue weighted by Crippen LogP contribution is -2.41. The molecule has 28 heavy (non-hydrogen) atoms. The van der Waals surface area contributed by atoms with Crippen molar-refractivity contribution in [2.45, 2.75) is 37.0 Å². The largest absolute Gasteiger partial charge is 0.323 e. The molecule has 0 bridgehead atoms. The normalized spacial score (nSPS) is 18.0. The molecular weight excluding hydrogens is 379 g/mol. The molecule has 2 aliphatic rings. The molecule has 0 atom stereocenters. The van der Waals surface area contributed by atoms with Crippen LogP contribution in [0.4, 0.5) is 10.1 Å². The van der Waals surface area contributed by atoms with Gasteiger partial charge in [0.1, 0.15) is 5.82 Å². The molecule has 4 rings (SSSR count). The van der Waals surface area contributed by atoms with Crippen LogP contribution in [0, 0.1) is 11.7 Å². The van der Waals surface area contributed by atoms with Crippen LogP contribution in [0.3, 0.4) is 0 Å². The van der Waals surface area contributed by atoms with Crippen molar-refractivity contribution in [1.29, 1.82) is 0 Å². The van der Waals surface area contributed by atoms with Crippen LogP contribution >= 0.6 is 0 Å². The number of hydrogen-bond donors (Lipinski definition) is 1. The van der Waals surface area contributed by atoms with Crippen LogP contribution in [0.15, 0.2) is 47.4 Å². The van der Waals surface area contributed by atoms with Gasteiger partial charge >= 0.3 is 0 Å². The molecule has 2 aromatic carbocycles. The zero-order chi connectivity index (χ0) is 19.7. The highest BCUT2D eigenvalue weighted by Gasteiger charge is 2.32. The Bertz CT molecular complexity index is 998. The van der Waals surface area contributed by atoms with Gasteiger partial charge < -0.3 is 5.32 Å². The maximum Gasteiger partial charge on any atom is 0.243 e. The van der Waals surface area contributed by atoms with E-state index in [-0.39, 0.29) is 30.6 Å². The van der Waals surface area contributed by atoms with Gasteiger partial charge in [0.15, 0.2) is 0 Å². The third-order valence-corrected chi connectivity index (χ3v) is 7.56. The predicted octanol–water partition coefficient (Wildman–Crippen LogP) is 3.35.